The van der Waals surface area contributed by atoms with E-state index in [1.807, 2.05) is 13.8 Å². The normalized spacial score (nSPS) is 15.1. The Balaban J connectivity index is 0.00000341. The number of alkyl halides is 3. The molecule has 1 atom stereocenters. The number of rotatable bonds is 7. The van der Waals surface area contributed by atoms with Gasteiger partial charge in [0.05, 0.1) is 5.56 Å². The molecule has 0 bridgehead atoms. The number of benzene rings is 1. The predicted molar refractivity (Wildman–Crippen MR) is 126 cm³/mol. The molecule has 0 spiro atoms. The molecule has 0 saturated heterocycles. The van der Waals surface area contributed by atoms with Crippen LogP contribution in [0.5, 0.6) is 0 Å². The van der Waals surface area contributed by atoms with Crippen LogP contribution in [0.15, 0.2) is 29.3 Å². The Morgan fingerprint density at radius 1 is 1.23 bits per heavy atom. The average Bonchev–Trinajstić information content (AvgIpc) is 3.14. The highest BCUT2D eigenvalue weighted by Crippen LogP contribution is 2.31. The van der Waals surface area contributed by atoms with Gasteiger partial charge in [0.25, 0.3) is 0 Å². The molecule has 1 unspecified atom stereocenters. The van der Waals surface area contributed by atoms with E-state index in [2.05, 4.69) is 30.4 Å². The van der Waals surface area contributed by atoms with E-state index in [-0.39, 0.29) is 29.9 Å². The minimum atomic E-state index is -4.32. The second kappa shape index (κ2) is 11.7. The number of hydrogen-bond acceptors (Lipinski definition) is 3. The minimum absolute atomic E-state index is 0. The standard InChI is InChI=1S/C21H29F3N6.HI/c1-3-25-20(27-14-19-29-28-18-9-4-5-12-30(18)19)26-11-10-15(2)16-7-6-8-17(13-16)21(22,23)24;/h6-8,13,15H,3-5,9-12,14H2,1-2H3,(H2,25,26,27);1H. The van der Waals surface area contributed by atoms with Gasteiger partial charge in [-0.1, -0.05) is 25.1 Å². The third kappa shape index (κ3) is 7.08. The van der Waals surface area contributed by atoms with Crippen LogP contribution in [0.3, 0.4) is 0 Å². The van der Waals surface area contributed by atoms with E-state index in [1.165, 1.54) is 12.1 Å². The highest BCUT2D eigenvalue weighted by atomic mass is 127. The summed E-state index contributed by atoms with van der Waals surface area (Å²) in [5.41, 5.74) is 0.0787. The van der Waals surface area contributed by atoms with E-state index >= 15 is 0 Å². The van der Waals surface area contributed by atoms with Crippen molar-refractivity contribution in [1.29, 1.82) is 0 Å². The van der Waals surface area contributed by atoms with Crippen LogP contribution < -0.4 is 10.6 Å². The van der Waals surface area contributed by atoms with Crippen LogP contribution in [0.4, 0.5) is 13.2 Å². The zero-order chi connectivity index (χ0) is 21.6. The number of aromatic nitrogens is 3. The fourth-order valence-electron chi connectivity index (χ4n) is 3.57. The molecule has 2 heterocycles. The Kier molecular flexibility index (Phi) is 9.57. The molecule has 0 saturated carbocycles. The molecule has 31 heavy (non-hydrogen) atoms. The highest BCUT2D eigenvalue weighted by molar-refractivity contribution is 14.0. The molecular formula is C21H30F3IN6. The van der Waals surface area contributed by atoms with E-state index in [9.17, 15) is 13.2 Å². The maximum absolute atomic E-state index is 12.9. The van der Waals surface area contributed by atoms with E-state index in [0.717, 1.165) is 43.5 Å². The number of nitrogens with zero attached hydrogens (tertiary/aromatic N) is 4. The summed E-state index contributed by atoms with van der Waals surface area (Å²) in [6.07, 6.45) is -0.391. The number of halogens is 4. The first kappa shape index (κ1) is 25.4. The molecule has 1 aliphatic rings. The lowest BCUT2D eigenvalue weighted by atomic mass is 9.96. The second-order valence-corrected chi connectivity index (χ2v) is 7.58. The van der Waals surface area contributed by atoms with Crippen LogP contribution in [0.2, 0.25) is 0 Å². The van der Waals surface area contributed by atoms with Crippen molar-refractivity contribution in [1.82, 2.24) is 25.4 Å². The summed E-state index contributed by atoms with van der Waals surface area (Å²) in [6.45, 7) is 6.61. The predicted octanol–water partition coefficient (Wildman–Crippen LogP) is 4.50. The fraction of sp³-hybridized carbons (Fsp3) is 0.571. The topological polar surface area (TPSA) is 67.1 Å². The Labute approximate surface area is 198 Å². The number of hydrogen-bond donors (Lipinski definition) is 2. The number of aliphatic imine (C=N–C) groups is 1. The summed E-state index contributed by atoms with van der Waals surface area (Å²) in [4.78, 5) is 4.60. The van der Waals surface area contributed by atoms with E-state index in [4.69, 9.17) is 0 Å². The maximum atomic E-state index is 12.9. The van der Waals surface area contributed by atoms with Gasteiger partial charge in [0, 0.05) is 26.1 Å². The van der Waals surface area contributed by atoms with E-state index in [0.29, 0.717) is 37.6 Å². The Morgan fingerprint density at radius 3 is 2.77 bits per heavy atom. The van der Waals surface area contributed by atoms with Crippen molar-refractivity contribution in [3.8, 4) is 0 Å². The van der Waals surface area contributed by atoms with Crippen molar-refractivity contribution in [2.24, 2.45) is 4.99 Å². The SMILES string of the molecule is CCNC(=NCc1nnc2n1CCCC2)NCCC(C)c1cccc(C(F)(F)F)c1.I. The Bertz CT molecular complexity index is 865. The van der Waals surface area contributed by atoms with Gasteiger partial charge in [-0.25, -0.2) is 4.99 Å². The van der Waals surface area contributed by atoms with Crippen molar-refractivity contribution in [3.05, 3.63) is 47.0 Å². The Hall–Kier alpha value is -1.85. The largest absolute Gasteiger partial charge is 0.416 e. The zero-order valence-electron chi connectivity index (χ0n) is 17.9. The molecule has 0 aliphatic carbocycles. The lowest BCUT2D eigenvalue weighted by molar-refractivity contribution is -0.137. The molecule has 3 rings (SSSR count). The van der Waals surface area contributed by atoms with E-state index < -0.39 is 11.7 Å². The average molecular weight is 550 g/mol. The molecule has 2 N–H and O–H groups in total. The summed E-state index contributed by atoms with van der Waals surface area (Å²) < 4.78 is 40.9. The summed E-state index contributed by atoms with van der Waals surface area (Å²) >= 11 is 0. The van der Waals surface area contributed by atoms with Gasteiger partial charge in [-0.2, -0.15) is 13.2 Å². The Morgan fingerprint density at radius 2 is 2.03 bits per heavy atom. The number of fused-ring (bicyclic) bond motifs is 1. The first-order chi connectivity index (χ1) is 14.4. The molecule has 0 amide bonds. The van der Waals surface area contributed by atoms with Crippen molar-refractivity contribution in [3.63, 3.8) is 0 Å². The molecule has 10 heteroatoms. The van der Waals surface area contributed by atoms with Gasteiger partial charge in [0.1, 0.15) is 12.4 Å². The first-order valence-electron chi connectivity index (χ1n) is 10.5. The summed E-state index contributed by atoms with van der Waals surface area (Å²) in [7, 11) is 0. The van der Waals surface area contributed by atoms with Crippen molar-refractivity contribution in [2.75, 3.05) is 13.1 Å². The van der Waals surface area contributed by atoms with E-state index in [1.54, 1.807) is 6.07 Å². The first-order valence-corrected chi connectivity index (χ1v) is 10.5. The molecule has 0 radical (unpaired) electrons. The third-order valence-electron chi connectivity index (χ3n) is 5.31. The monoisotopic (exact) mass is 550 g/mol. The second-order valence-electron chi connectivity index (χ2n) is 7.58. The zero-order valence-corrected chi connectivity index (χ0v) is 20.2. The maximum Gasteiger partial charge on any atom is 0.416 e. The minimum Gasteiger partial charge on any atom is -0.357 e. The smallest absolute Gasteiger partial charge is 0.357 e. The molecular weight excluding hydrogens is 520 g/mol. The van der Waals surface area contributed by atoms with Crippen molar-refractivity contribution < 1.29 is 13.2 Å². The van der Waals surface area contributed by atoms with Gasteiger partial charge in [0.2, 0.25) is 0 Å². The van der Waals surface area contributed by atoms with Gasteiger partial charge < -0.3 is 15.2 Å². The molecule has 2 aromatic rings. The fourth-order valence-corrected chi connectivity index (χ4v) is 3.57. The quantitative estimate of drug-likeness (QED) is 0.303. The number of guanidine groups is 1. The third-order valence-corrected chi connectivity index (χ3v) is 5.31. The van der Waals surface area contributed by atoms with Crippen LogP contribution in [0.1, 0.15) is 61.8 Å². The molecule has 0 fully saturated rings. The van der Waals surface area contributed by atoms with Crippen LogP contribution in [-0.2, 0) is 25.7 Å². The molecule has 172 valence electrons. The molecule has 1 aromatic carbocycles. The van der Waals surface area contributed by atoms with Gasteiger partial charge in [-0.05, 0) is 43.7 Å². The lowest BCUT2D eigenvalue weighted by Crippen LogP contribution is -2.38. The number of nitrogens with one attached hydrogen (secondary N) is 2. The van der Waals surface area contributed by atoms with Crippen LogP contribution in [0, 0.1) is 0 Å². The highest BCUT2D eigenvalue weighted by Gasteiger charge is 2.30. The van der Waals surface area contributed by atoms with Crippen molar-refractivity contribution in [2.45, 2.75) is 64.7 Å². The van der Waals surface area contributed by atoms with Crippen LogP contribution in [0.25, 0.3) is 0 Å². The van der Waals surface area contributed by atoms with Gasteiger partial charge in [-0.3, -0.25) is 0 Å². The molecule has 1 aliphatic heterocycles. The van der Waals surface area contributed by atoms with Gasteiger partial charge in [-0.15, -0.1) is 34.2 Å². The van der Waals surface area contributed by atoms with Crippen LogP contribution >= 0.6 is 24.0 Å². The summed E-state index contributed by atoms with van der Waals surface area (Å²) in [5.74, 6) is 2.55. The summed E-state index contributed by atoms with van der Waals surface area (Å²) in [6, 6.07) is 5.55. The lowest BCUT2D eigenvalue weighted by Gasteiger charge is -2.17. The van der Waals surface area contributed by atoms with Crippen LogP contribution in [-0.4, -0.2) is 33.8 Å². The van der Waals surface area contributed by atoms with Gasteiger partial charge >= 0.3 is 6.18 Å². The summed E-state index contributed by atoms with van der Waals surface area (Å²) in [5, 5.41) is 15.0. The van der Waals surface area contributed by atoms with Crippen molar-refractivity contribution >= 4 is 29.9 Å². The van der Waals surface area contributed by atoms with Gasteiger partial charge in [0.15, 0.2) is 11.8 Å². The molecule has 1 aromatic heterocycles. The number of aryl methyl sites for hydroxylation is 1. The molecule has 6 nitrogen and oxygen atoms in total.